The van der Waals surface area contributed by atoms with E-state index in [0.29, 0.717) is 0 Å². The van der Waals surface area contributed by atoms with Crippen LogP contribution in [0, 0.1) is 5.92 Å². The fourth-order valence-corrected chi connectivity index (χ4v) is 3.10. The molecule has 0 amide bonds. The van der Waals surface area contributed by atoms with Crippen molar-refractivity contribution in [2.24, 2.45) is 5.92 Å². The largest absolute Gasteiger partial charge is 0.345 e. The monoisotopic (exact) mass is 278 g/mol. The van der Waals surface area contributed by atoms with Gasteiger partial charge in [-0.15, -0.1) is 0 Å². The summed E-state index contributed by atoms with van der Waals surface area (Å²) in [6.07, 6.45) is 6.88. The Morgan fingerprint density at radius 2 is 2.30 bits per heavy atom. The number of aromatic nitrogens is 2. The number of unbranched alkanes of at least 4 members (excludes halogenated alkanes) is 1. The maximum atomic E-state index is 4.47. The summed E-state index contributed by atoms with van der Waals surface area (Å²) in [6.45, 7) is 10.4. The summed E-state index contributed by atoms with van der Waals surface area (Å²) >= 11 is 0. The molecule has 114 valence electrons. The third kappa shape index (κ3) is 4.60. The number of hydrogen-bond donors (Lipinski definition) is 1. The van der Waals surface area contributed by atoms with Gasteiger partial charge in [-0.1, -0.05) is 20.3 Å². The second kappa shape index (κ2) is 7.79. The number of aryl methyl sites for hydroxylation is 1. The van der Waals surface area contributed by atoms with Crippen LogP contribution in [0.2, 0.25) is 0 Å². The molecule has 1 aromatic rings. The number of likely N-dealkylation sites (tertiary alicyclic amines) is 1. The molecule has 0 radical (unpaired) electrons. The van der Waals surface area contributed by atoms with Gasteiger partial charge in [0.15, 0.2) is 0 Å². The zero-order valence-electron chi connectivity index (χ0n) is 13.4. The second-order valence-electron chi connectivity index (χ2n) is 6.20. The van der Waals surface area contributed by atoms with Crippen LogP contribution in [0.3, 0.4) is 0 Å². The lowest BCUT2D eigenvalue weighted by Gasteiger charge is -2.20. The predicted molar refractivity (Wildman–Crippen MR) is 83.8 cm³/mol. The second-order valence-corrected chi connectivity index (χ2v) is 6.20. The summed E-state index contributed by atoms with van der Waals surface area (Å²) in [5, 5.41) is 0. The lowest BCUT2D eigenvalue weighted by atomic mass is 10.1. The van der Waals surface area contributed by atoms with E-state index in [1.54, 1.807) is 0 Å². The van der Waals surface area contributed by atoms with Crippen molar-refractivity contribution in [1.29, 1.82) is 0 Å². The number of imidazole rings is 1. The number of hydrogen-bond acceptors (Lipinski definition) is 3. The van der Waals surface area contributed by atoms with Gasteiger partial charge in [0.25, 0.3) is 0 Å². The van der Waals surface area contributed by atoms with E-state index >= 15 is 0 Å². The molecule has 0 saturated carbocycles. The van der Waals surface area contributed by atoms with Crippen molar-refractivity contribution < 1.29 is 0 Å². The number of H-pyrrole nitrogens is 1. The van der Waals surface area contributed by atoms with Gasteiger partial charge >= 0.3 is 0 Å². The molecule has 2 heterocycles. The molecule has 4 nitrogen and oxygen atoms in total. The molecular formula is C16H30N4. The molecular weight excluding hydrogens is 248 g/mol. The van der Waals surface area contributed by atoms with E-state index in [9.17, 15) is 0 Å². The molecule has 0 aromatic carbocycles. The van der Waals surface area contributed by atoms with Gasteiger partial charge in [0.05, 0.1) is 0 Å². The summed E-state index contributed by atoms with van der Waals surface area (Å²) in [4.78, 5) is 12.9. The topological polar surface area (TPSA) is 35.2 Å². The number of nitrogens with one attached hydrogen (secondary N) is 1. The third-order valence-corrected chi connectivity index (χ3v) is 4.28. The van der Waals surface area contributed by atoms with Crippen molar-refractivity contribution in [1.82, 2.24) is 19.8 Å². The lowest BCUT2D eigenvalue weighted by molar-refractivity contribution is 0.258. The van der Waals surface area contributed by atoms with Crippen molar-refractivity contribution in [2.75, 3.05) is 33.2 Å². The van der Waals surface area contributed by atoms with E-state index in [0.717, 1.165) is 24.7 Å². The molecule has 0 aliphatic carbocycles. The van der Waals surface area contributed by atoms with Crippen molar-refractivity contribution in [3.05, 3.63) is 17.7 Å². The van der Waals surface area contributed by atoms with Crippen molar-refractivity contribution in [2.45, 2.75) is 46.1 Å². The molecule has 1 unspecified atom stereocenters. The average molecular weight is 278 g/mol. The molecule has 1 atom stereocenters. The minimum absolute atomic E-state index is 0.836. The van der Waals surface area contributed by atoms with Gasteiger partial charge in [-0.2, -0.15) is 0 Å². The Balaban J connectivity index is 1.73. The SMILES string of the molecule is CCCCc1ncc(CN(C)CC2CCN(CC)C2)[nH]1. The van der Waals surface area contributed by atoms with Crippen LogP contribution in [-0.4, -0.2) is 53.0 Å². The van der Waals surface area contributed by atoms with Crippen molar-refractivity contribution >= 4 is 0 Å². The van der Waals surface area contributed by atoms with Crippen LogP contribution >= 0.6 is 0 Å². The van der Waals surface area contributed by atoms with Crippen LogP contribution < -0.4 is 0 Å². The quantitative estimate of drug-likeness (QED) is 0.793. The van der Waals surface area contributed by atoms with Crippen LogP contribution in [0.5, 0.6) is 0 Å². The van der Waals surface area contributed by atoms with E-state index in [1.165, 1.54) is 51.1 Å². The summed E-state index contributed by atoms with van der Waals surface area (Å²) in [7, 11) is 2.22. The van der Waals surface area contributed by atoms with E-state index in [1.807, 2.05) is 6.20 Å². The van der Waals surface area contributed by atoms with Gasteiger partial charge in [-0.25, -0.2) is 4.98 Å². The maximum absolute atomic E-state index is 4.47. The van der Waals surface area contributed by atoms with E-state index < -0.39 is 0 Å². The van der Waals surface area contributed by atoms with Crippen LogP contribution in [0.25, 0.3) is 0 Å². The Morgan fingerprint density at radius 3 is 3.00 bits per heavy atom. The lowest BCUT2D eigenvalue weighted by Crippen LogP contribution is -2.28. The van der Waals surface area contributed by atoms with Gasteiger partial charge in [-0.3, -0.25) is 0 Å². The molecule has 1 fully saturated rings. The molecule has 4 heteroatoms. The van der Waals surface area contributed by atoms with E-state index in [4.69, 9.17) is 0 Å². The van der Waals surface area contributed by atoms with Crippen molar-refractivity contribution in [3.8, 4) is 0 Å². The first-order valence-electron chi connectivity index (χ1n) is 8.14. The fourth-order valence-electron chi connectivity index (χ4n) is 3.10. The molecule has 1 saturated heterocycles. The standard InChI is InChI=1S/C16H30N4/c1-4-6-7-16-17-10-15(18-16)13-19(3)11-14-8-9-20(5-2)12-14/h10,14H,4-9,11-13H2,1-3H3,(H,17,18). The number of aromatic amines is 1. The zero-order valence-corrected chi connectivity index (χ0v) is 13.4. The van der Waals surface area contributed by atoms with Gasteiger partial charge in [0.2, 0.25) is 0 Å². The Kier molecular flexibility index (Phi) is 6.05. The normalized spacial score (nSPS) is 20.1. The molecule has 1 aliphatic rings. The van der Waals surface area contributed by atoms with Crippen LogP contribution in [0.4, 0.5) is 0 Å². The minimum Gasteiger partial charge on any atom is -0.345 e. The molecule has 1 N–H and O–H groups in total. The molecule has 20 heavy (non-hydrogen) atoms. The average Bonchev–Trinajstić information content (AvgIpc) is 3.05. The van der Waals surface area contributed by atoms with Gasteiger partial charge in [0.1, 0.15) is 5.82 Å². The molecule has 1 aromatic heterocycles. The number of nitrogens with zero attached hydrogens (tertiary/aromatic N) is 3. The van der Waals surface area contributed by atoms with Crippen LogP contribution in [-0.2, 0) is 13.0 Å². The molecule has 0 spiro atoms. The highest BCUT2D eigenvalue weighted by Gasteiger charge is 2.22. The first kappa shape index (κ1) is 15.5. The molecule has 0 bridgehead atoms. The Morgan fingerprint density at radius 1 is 1.45 bits per heavy atom. The van der Waals surface area contributed by atoms with Gasteiger partial charge in [-0.05, 0) is 38.9 Å². The Hall–Kier alpha value is -0.870. The summed E-state index contributed by atoms with van der Waals surface area (Å²) in [5.74, 6) is 1.98. The first-order valence-corrected chi connectivity index (χ1v) is 8.14. The summed E-state index contributed by atoms with van der Waals surface area (Å²) < 4.78 is 0. The molecule has 2 rings (SSSR count). The third-order valence-electron chi connectivity index (χ3n) is 4.28. The Labute approximate surface area is 123 Å². The zero-order chi connectivity index (χ0) is 14.4. The smallest absolute Gasteiger partial charge is 0.106 e. The summed E-state index contributed by atoms with van der Waals surface area (Å²) in [6, 6.07) is 0. The summed E-state index contributed by atoms with van der Waals surface area (Å²) in [5.41, 5.74) is 1.25. The maximum Gasteiger partial charge on any atom is 0.106 e. The Bertz CT molecular complexity index is 388. The van der Waals surface area contributed by atoms with E-state index in [-0.39, 0.29) is 0 Å². The predicted octanol–water partition coefficient (Wildman–Crippen LogP) is 2.53. The first-order chi connectivity index (χ1) is 9.71. The van der Waals surface area contributed by atoms with Crippen LogP contribution in [0.1, 0.15) is 44.6 Å². The highest BCUT2D eigenvalue weighted by molar-refractivity contribution is 5.01. The highest BCUT2D eigenvalue weighted by atomic mass is 15.2. The van der Waals surface area contributed by atoms with Crippen molar-refractivity contribution in [3.63, 3.8) is 0 Å². The number of rotatable bonds is 8. The van der Waals surface area contributed by atoms with Gasteiger partial charge in [0, 0.05) is 37.9 Å². The van der Waals surface area contributed by atoms with Crippen LogP contribution in [0.15, 0.2) is 6.20 Å². The van der Waals surface area contributed by atoms with Gasteiger partial charge < -0.3 is 14.8 Å². The fraction of sp³-hybridized carbons (Fsp3) is 0.812. The highest BCUT2D eigenvalue weighted by Crippen LogP contribution is 2.17. The minimum atomic E-state index is 0.836. The van der Waals surface area contributed by atoms with E-state index in [2.05, 4.69) is 40.7 Å². The molecule has 1 aliphatic heterocycles.